The van der Waals surface area contributed by atoms with Gasteiger partial charge in [0, 0.05) is 6.54 Å². The molecule has 1 aromatic heterocycles. The minimum absolute atomic E-state index is 0.0551. The molecular formula is C14H20N4O. The highest BCUT2D eigenvalue weighted by Gasteiger charge is 2.30. The minimum Gasteiger partial charge on any atom is -0.394 e. The lowest BCUT2D eigenvalue weighted by molar-refractivity contribution is 0.146. The number of aromatic nitrogens is 3. The molecule has 5 nitrogen and oxygen atoms in total. The lowest BCUT2D eigenvalue weighted by Gasteiger charge is -2.33. The van der Waals surface area contributed by atoms with E-state index in [4.69, 9.17) is 0 Å². The molecule has 0 saturated carbocycles. The Morgan fingerprint density at radius 2 is 2.11 bits per heavy atom. The van der Waals surface area contributed by atoms with Gasteiger partial charge in [-0.3, -0.25) is 4.68 Å². The van der Waals surface area contributed by atoms with Crippen molar-refractivity contribution in [3.05, 3.63) is 48.5 Å². The molecule has 2 aromatic rings. The molecule has 0 aliphatic heterocycles. The van der Waals surface area contributed by atoms with E-state index in [2.05, 4.69) is 15.4 Å². The highest BCUT2D eigenvalue weighted by molar-refractivity contribution is 5.24. The maximum atomic E-state index is 9.88. The summed E-state index contributed by atoms with van der Waals surface area (Å²) in [4.78, 5) is 3.94. The van der Waals surface area contributed by atoms with Crippen LogP contribution in [0.4, 0.5) is 0 Å². The van der Waals surface area contributed by atoms with Crippen molar-refractivity contribution in [3.8, 4) is 0 Å². The van der Waals surface area contributed by atoms with Crippen LogP contribution in [0.1, 0.15) is 18.9 Å². The molecule has 0 saturated heterocycles. The monoisotopic (exact) mass is 260 g/mol. The van der Waals surface area contributed by atoms with Gasteiger partial charge >= 0.3 is 0 Å². The number of likely N-dealkylation sites (N-methyl/N-ethyl adjacent to an activating group) is 1. The van der Waals surface area contributed by atoms with Gasteiger partial charge in [-0.2, -0.15) is 5.10 Å². The maximum absolute atomic E-state index is 9.88. The second kappa shape index (κ2) is 6.45. The van der Waals surface area contributed by atoms with Crippen molar-refractivity contribution in [2.24, 2.45) is 0 Å². The lowest BCUT2D eigenvalue weighted by Crippen LogP contribution is -2.46. The average molecular weight is 260 g/mol. The second-order valence-electron chi connectivity index (χ2n) is 4.55. The third-order valence-electron chi connectivity index (χ3n) is 3.35. The van der Waals surface area contributed by atoms with E-state index in [-0.39, 0.29) is 6.61 Å². The van der Waals surface area contributed by atoms with Gasteiger partial charge in [0.25, 0.3) is 0 Å². The van der Waals surface area contributed by atoms with Crippen molar-refractivity contribution in [2.45, 2.75) is 25.4 Å². The van der Waals surface area contributed by atoms with Crippen LogP contribution >= 0.6 is 0 Å². The summed E-state index contributed by atoms with van der Waals surface area (Å²) in [6.07, 6.45) is 3.97. The van der Waals surface area contributed by atoms with Crippen LogP contribution in [-0.2, 0) is 12.1 Å². The predicted molar refractivity (Wildman–Crippen MR) is 73.5 cm³/mol. The standard InChI is InChI=1S/C14H20N4O/c1-2-16-14(10-19,13-6-4-3-5-7-13)8-9-18-12-15-11-17-18/h3-7,11-12,16,19H,2,8-10H2,1H3. The van der Waals surface area contributed by atoms with Crippen molar-refractivity contribution < 1.29 is 5.11 Å². The summed E-state index contributed by atoms with van der Waals surface area (Å²) in [5.41, 5.74) is 0.668. The van der Waals surface area contributed by atoms with Crippen molar-refractivity contribution in [1.82, 2.24) is 20.1 Å². The first kappa shape index (κ1) is 13.7. The molecular weight excluding hydrogens is 240 g/mol. The zero-order valence-corrected chi connectivity index (χ0v) is 11.2. The molecule has 1 aromatic carbocycles. The molecule has 0 aliphatic rings. The number of nitrogens with zero attached hydrogens (tertiary/aromatic N) is 3. The molecule has 1 unspecified atom stereocenters. The van der Waals surface area contributed by atoms with Gasteiger partial charge in [0.05, 0.1) is 12.1 Å². The van der Waals surface area contributed by atoms with E-state index < -0.39 is 5.54 Å². The van der Waals surface area contributed by atoms with E-state index in [1.165, 1.54) is 6.33 Å². The first-order chi connectivity index (χ1) is 9.30. The van der Waals surface area contributed by atoms with Gasteiger partial charge < -0.3 is 10.4 Å². The quantitative estimate of drug-likeness (QED) is 0.784. The van der Waals surface area contributed by atoms with Crippen LogP contribution in [0.5, 0.6) is 0 Å². The number of nitrogens with one attached hydrogen (secondary N) is 1. The van der Waals surface area contributed by atoms with Gasteiger partial charge in [-0.25, -0.2) is 4.98 Å². The fraction of sp³-hybridized carbons (Fsp3) is 0.429. The summed E-state index contributed by atoms with van der Waals surface area (Å²) in [6.45, 7) is 3.61. The summed E-state index contributed by atoms with van der Waals surface area (Å²) < 4.78 is 1.78. The Labute approximate surface area is 113 Å². The molecule has 0 aliphatic carbocycles. The van der Waals surface area contributed by atoms with Crippen molar-refractivity contribution >= 4 is 0 Å². The zero-order valence-electron chi connectivity index (χ0n) is 11.2. The van der Waals surface area contributed by atoms with Gasteiger partial charge in [-0.15, -0.1) is 0 Å². The Balaban J connectivity index is 2.18. The normalized spacial score (nSPS) is 14.2. The van der Waals surface area contributed by atoms with Crippen LogP contribution < -0.4 is 5.32 Å². The molecule has 2 rings (SSSR count). The van der Waals surface area contributed by atoms with E-state index >= 15 is 0 Å². The molecule has 1 heterocycles. The van der Waals surface area contributed by atoms with Gasteiger partial charge in [0.15, 0.2) is 0 Å². The molecule has 0 radical (unpaired) electrons. The lowest BCUT2D eigenvalue weighted by atomic mass is 9.87. The number of aliphatic hydroxyl groups is 1. The SMILES string of the molecule is CCNC(CO)(CCn1cncn1)c1ccccc1. The third kappa shape index (κ3) is 3.19. The minimum atomic E-state index is -0.429. The summed E-state index contributed by atoms with van der Waals surface area (Å²) in [5.74, 6) is 0. The zero-order chi connectivity index (χ0) is 13.6. The average Bonchev–Trinajstić information content (AvgIpc) is 2.98. The van der Waals surface area contributed by atoms with Crippen LogP contribution in [0.3, 0.4) is 0 Å². The summed E-state index contributed by atoms with van der Waals surface area (Å²) in [6, 6.07) is 10.1. The van der Waals surface area contributed by atoms with Gasteiger partial charge in [0.2, 0.25) is 0 Å². The van der Waals surface area contributed by atoms with Crippen LogP contribution in [0, 0.1) is 0 Å². The molecule has 19 heavy (non-hydrogen) atoms. The van der Waals surface area contributed by atoms with E-state index in [0.717, 1.165) is 18.5 Å². The van der Waals surface area contributed by atoms with E-state index in [0.29, 0.717) is 6.54 Å². The Morgan fingerprint density at radius 3 is 2.68 bits per heavy atom. The van der Waals surface area contributed by atoms with Crippen LogP contribution in [-0.4, -0.2) is 33.0 Å². The molecule has 5 heteroatoms. The number of benzene rings is 1. The second-order valence-corrected chi connectivity index (χ2v) is 4.55. The van der Waals surface area contributed by atoms with Gasteiger partial charge in [-0.1, -0.05) is 37.3 Å². The number of rotatable bonds is 7. The number of aryl methyl sites for hydroxylation is 1. The third-order valence-corrected chi connectivity index (χ3v) is 3.35. The van der Waals surface area contributed by atoms with Crippen molar-refractivity contribution in [2.75, 3.05) is 13.2 Å². The molecule has 0 bridgehead atoms. The highest BCUT2D eigenvalue weighted by Crippen LogP contribution is 2.25. The molecule has 0 spiro atoms. The highest BCUT2D eigenvalue weighted by atomic mass is 16.3. The van der Waals surface area contributed by atoms with Crippen LogP contribution in [0.15, 0.2) is 43.0 Å². The van der Waals surface area contributed by atoms with Crippen LogP contribution in [0.2, 0.25) is 0 Å². The number of hydrogen-bond acceptors (Lipinski definition) is 4. The van der Waals surface area contributed by atoms with E-state index in [1.807, 2.05) is 37.3 Å². The van der Waals surface area contributed by atoms with E-state index in [1.54, 1.807) is 11.0 Å². The number of aliphatic hydroxyl groups excluding tert-OH is 1. The van der Waals surface area contributed by atoms with Crippen LogP contribution in [0.25, 0.3) is 0 Å². The van der Waals surface area contributed by atoms with Crippen molar-refractivity contribution in [1.29, 1.82) is 0 Å². The molecule has 1 atom stereocenters. The van der Waals surface area contributed by atoms with Crippen molar-refractivity contribution in [3.63, 3.8) is 0 Å². The summed E-state index contributed by atoms with van der Waals surface area (Å²) >= 11 is 0. The van der Waals surface area contributed by atoms with Gasteiger partial charge in [-0.05, 0) is 18.5 Å². The smallest absolute Gasteiger partial charge is 0.137 e. The van der Waals surface area contributed by atoms with Gasteiger partial charge in [0.1, 0.15) is 12.7 Å². The first-order valence-corrected chi connectivity index (χ1v) is 6.54. The Kier molecular flexibility index (Phi) is 4.65. The Morgan fingerprint density at radius 1 is 1.32 bits per heavy atom. The molecule has 2 N–H and O–H groups in total. The largest absolute Gasteiger partial charge is 0.394 e. The van der Waals surface area contributed by atoms with E-state index in [9.17, 15) is 5.11 Å². The fourth-order valence-corrected chi connectivity index (χ4v) is 2.31. The Hall–Kier alpha value is -1.72. The first-order valence-electron chi connectivity index (χ1n) is 6.54. The molecule has 0 amide bonds. The molecule has 102 valence electrons. The summed E-state index contributed by atoms with van der Waals surface area (Å²) in [7, 11) is 0. The fourth-order valence-electron chi connectivity index (χ4n) is 2.31. The topological polar surface area (TPSA) is 63.0 Å². The number of hydrogen-bond donors (Lipinski definition) is 2. The Bertz CT molecular complexity index is 471. The molecule has 0 fully saturated rings. The predicted octanol–water partition coefficient (Wildman–Crippen LogP) is 1.17. The summed E-state index contributed by atoms with van der Waals surface area (Å²) in [5, 5.41) is 17.4. The maximum Gasteiger partial charge on any atom is 0.137 e.